The lowest BCUT2D eigenvalue weighted by atomic mass is 10.0. The Morgan fingerprint density at radius 3 is 0.970 bits per heavy atom. The summed E-state index contributed by atoms with van der Waals surface area (Å²) in [5.74, 6) is -0.893. The summed E-state index contributed by atoms with van der Waals surface area (Å²) in [6.45, 7) is 6.46. The molecule has 0 aromatic rings. The second-order valence-electron chi connectivity index (χ2n) is 18.5. The monoisotopic (exact) mass is 921 g/mol. The van der Waals surface area contributed by atoms with Crippen LogP contribution < -0.4 is 0 Å². The van der Waals surface area contributed by atoms with Gasteiger partial charge in [-0.1, -0.05) is 241 Å². The van der Waals surface area contributed by atoms with Crippen LogP contribution in [0.15, 0.2) is 72.9 Å². The first kappa shape index (κ1) is 62.8. The van der Waals surface area contributed by atoms with E-state index < -0.39 is 6.10 Å². The zero-order valence-corrected chi connectivity index (χ0v) is 43.4. The van der Waals surface area contributed by atoms with Crippen LogP contribution in [0.3, 0.4) is 0 Å². The molecular formula is C60H104O6. The molecule has 0 aliphatic carbocycles. The summed E-state index contributed by atoms with van der Waals surface area (Å²) in [4.78, 5) is 38.0. The molecule has 0 saturated carbocycles. The van der Waals surface area contributed by atoms with Crippen molar-refractivity contribution >= 4 is 17.9 Å². The number of carbonyl (C=O) groups excluding carboxylic acids is 3. The third kappa shape index (κ3) is 51.8. The molecule has 0 rings (SSSR count). The number of esters is 3. The lowest BCUT2D eigenvalue weighted by molar-refractivity contribution is -0.167. The number of allylic oxidation sites excluding steroid dienone is 12. The molecule has 1 unspecified atom stereocenters. The Morgan fingerprint density at radius 1 is 0.318 bits per heavy atom. The Labute approximate surface area is 408 Å². The zero-order chi connectivity index (χ0) is 47.9. The number of unbranched alkanes of at least 4 members (excludes halogenated alkanes) is 27. The molecule has 6 nitrogen and oxygen atoms in total. The van der Waals surface area contributed by atoms with Crippen LogP contribution in [0.1, 0.15) is 271 Å². The van der Waals surface area contributed by atoms with Crippen LogP contribution in [0.5, 0.6) is 0 Å². The van der Waals surface area contributed by atoms with E-state index in [2.05, 4.69) is 93.7 Å². The standard InChI is InChI=1S/C60H104O6/c1-4-7-10-13-16-19-21-23-25-26-27-28-29-30-31-32-33-34-35-37-38-41-44-47-50-53-59(62)65-56-57(55-64-58(61)52-49-46-43-40-18-15-12-9-6-3)66-60(63)54-51-48-45-42-39-36-24-22-20-17-14-11-8-5-2/h7,10,14,16-17,19,22-25,27-28,57H,4-6,8-9,11-13,15,18,20-21,26,29-56H2,1-3H3/b10-7-,17-14-,19-16-,24-22-,25-23-,28-27-. The summed E-state index contributed by atoms with van der Waals surface area (Å²) in [5, 5.41) is 0. The number of rotatable bonds is 50. The quantitative estimate of drug-likeness (QED) is 0.0262. The van der Waals surface area contributed by atoms with Gasteiger partial charge in [0.05, 0.1) is 0 Å². The van der Waals surface area contributed by atoms with E-state index >= 15 is 0 Å². The lowest BCUT2D eigenvalue weighted by Crippen LogP contribution is -2.30. The van der Waals surface area contributed by atoms with Crippen molar-refractivity contribution in [2.75, 3.05) is 13.2 Å². The molecule has 0 N–H and O–H groups in total. The molecular weight excluding hydrogens is 817 g/mol. The maximum atomic E-state index is 12.8. The van der Waals surface area contributed by atoms with Gasteiger partial charge in [-0.2, -0.15) is 0 Å². The summed E-state index contributed by atoms with van der Waals surface area (Å²) in [5.41, 5.74) is 0. The Bertz CT molecular complexity index is 1240. The fraction of sp³-hybridized carbons (Fsp3) is 0.750. The van der Waals surface area contributed by atoms with Crippen molar-refractivity contribution in [3.63, 3.8) is 0 Å². The smallest absolute Gasteiger partial charge is 0.306 e. The Morgan fingerprint density at radius 2 is 0.606 bits per heavy atom. The van der Waals surface area contributed by atoms with Gasteiger partial charge in [-0.05, 0) is 83.5 Å². The summed E-state index contributed by atoms with van der Waals surface area (Å²) in [7, 11) is 0. The van der Waals surface area contributed by atoms with Crippen LogP contribution in [0.25, 0.3) is 0 Å². The van der Waals surface area contributed by atoms with Crippen molar-refractivity contribution in [1.82, 2.24) is 0 Å². The van der Waals surface area contributed by atoms with Gasteiger partial charge in [0.15, 0.2) is 6.10 Å². The highest BCUT2D eigenvalue weighted by molar-refractivity contribution is 5.71. The molecule has 380 valence electrons. The molecule has 0 fully saturated rings. The maximum absolute atomic E-state index is 12.8. The molecule has 0 bridgehead atoms. The molecule has 0 aromatic carbocycles. The predicted molar refractivity (Wildman–Crippen MR) is 284 cm³/mol. The molecule has 0 radical (unpaired) electrons. The molecule has 0 aliphatic rings. The number of carbonyl (C=O) groups is 3. The van der Waals surface area contributed by atoms with Crippen LogP contribution in [-0.4, -0.2) is 37.2 Å². The third-order valence-electron chi connectivity index (χ3n) is 11.9. The average molecular weight is 921 g/mol. The Balaban J connectivity index is 4.21. The first-order valence-corrected chi connectivity index (χ1v) is 27.9. The van der Waals surface area contributed by atoms with E-state index in [4.69, 9.17) is 14.2 Å². The lowest BCUT2D eigenvalue weighted by Gasteiger charge is -2.18. The van der Waals surface area contributed by atoms with E-state index in [-0.39, 0.29) is 31.1 Å². The van der Waals surface area contributed by atoms with Gasteiger partial charge in [-0.15, -0.1) is 0 Å². The van der Waals surface area contributed by atoms with E-state index in [0.717, 1.165) is 109 Å². The van der Waals surface area contributed by atoms with Crippen molar-refractivity contribution < 1.29 is 28.6 Å². The van der Waals surface area contributed by atoms with Gasteiger partial charge >= 0.3 is 17.9 Å². The minimum Gasteiger partial charge on any atom is -0.462 e. The van der Waals surface area contributed by atoms with Crippen LogP contribution in [0.2, 0.25) is 0 Å². The van der Waals surface area contributed by atoms with Gasteiger partial charge < -0.3 is 14.2 Å². The normalized spacial score (nSPS) is 12.6. The minimum absolute atomic E-state index is 0.0794. The number of ether oxygens (including phenoxy) is 3. The highest BCUT2D eigenvalue weighted by atomic mass is 16.6. The van der Waals surface area contributed by atoms with Gasteiger partial charge in [-0.25, -0.2) is 0 Å². The summed E-state index contributed by atoms with van der Waals surface area (Å²) < 4.78 is 16.8. The minimum atomic E-state index is -0.780. The summed E-state index contributed by atoms with van der Waals surface area (Å²) in [6.07, 6.45) is 69.0. The van der Waals surface area contributed by atoms with Crippen LogP contribution in [0.4, 0.5) is 0 Å². The van der Waals surface area contributed by atoms with E-state index in [1.54, 1.807) is 0 Å². The van der Waals surface area contributed by atoms with Crippen LogP contribution in [-0.2, 0) is 28.6 Å². The molecule has 1 atom stereocenters. The average Bonchev–Trinajstić information content (AvgIpc) is 3.31. The third-order valence-corrected chi connectivity index (χ3v) is 11.9. The summed E-state index contributed by atoms with van der Waals surface area (Å²) in [6, 6.07) is 0. The molecule has 0 amide bonds. The zero-order valence-electron chi connectivity index (χ0n) is 43.4. The van der Waals surface area contributed by atoms with Crippen molar-refractivity contribution in [3.8, 4) is 0 Å². The van der Waals surface area contributed by atoms with Crippen molar-refractivity contribution in [2.24, 2.45) is 0 Å². The van der Waals surface area contributed by atoms with Crippen LogP contribution >= 0.6 is 0 Å². The van der Waals surface area contributed by atoms with E-state index in [0.29, 0.717) is 19.3 Å². The summed E-state index contributed by atoms with van der Waals surface area (Å²) >= 11 is 0. The maximum Gasteiger partial charge on any atom is 0.306 e. The Hall–Kier alpha value is -3.15. The molecule has 6 heteroatoms. The number of hydrogen-bond acceptors (Lipinski definition) is 6. The predicted octanol–water partition coefficient (Wildman–Crippen LogP) is 18.6. The van der Waals surface area contributed by atoms with Crippen molar-refractivity contribution in [2.45, 2.75) is 277 Å². The van der Waals surface area contributed by atoms with E-state index in [9.17, 15) is 14.4 Å². The molecule has 0 aromatic heterocycles. The van der Waals surface area contributed by atoms with Crippen molar-refractivity contribution in [3.05, 3.63) is 72.9 Å². The van der Waals surface area contributed by atoms with Gasteiger partial charge in [0, 0.05) is 19.3 Å². The van der Waals surface area contributed by atoms with Gasteiger partial charge in [0.2, 0.25) is 0 Å². The first-order chi connectivity index (χ1) is 32.5. The molecule has 66 heavy (non-hydrogen) atoms. The van der Waals surface area contributed by atoms with Gasteiger partial charge in [0.1, 0.15) is 13.2 Å². The Kier molecular flexibility index (Phi) is 51.9. The van der Waals surface area contributed by atoms with E-state index in [1.807, 2.05) is 0 Å². The fourth-order valence-electron chi connectivity index (χ4n) is 7.74. The van der Waals surface area contributed by atoms with E-state index in [1.165, 1.54) is 122 Å². The molecule has 0 heterocycles. The van der Waals surface area contributed by atoms with Crippen LogP contribution in [0, 0.1) is 0 Å². The fourth-order valence-corrected chi connectivity index (χ4v) is 7.74. The molecule has 0 aliphatic heterocycles. The molecule has 0 spiro atoms. The van der Waals surface area contributed by atoms with Gasteiger partial charge in [0.25, 0.3) is 0 Å². The highest BCUT2D eigenvalue weighted by Crippen LogP contribution is 2.15. The second-order valence-corrected chi connectivity index (χ2v) is 18.5. The molecule has 0 saturated heterocycles. The SMILES string of the molecule is CC/C=C\C/C=C\C/C=C\C/C=C\CCCCCCCCCCCCCCC(=O)OCC(COC(=O)CCCCCCCCCCC)OC(=O)CCCCCCC/C=C\C/C=C\CCCC. The number of hydrogen-bond donors (Lipinski definition) is 0. The second kappa shape index (κ2) is 54.5. The van der Waals surface area contributed by atoms with Gasteiger partial charge in [-0.3, -0.25) is 14.4 Å². The highest BCUT2D eigenvalue weighted by Gasteiger charge is 2.19. The first-order valence-electron chi connectivity index (χ1n) is 27.9. The topological polar surface area (TPSA) is 78.9 Å². The van der Waals surface area contributed by atoms with Crippen molar-refractivity contribution in [1.29, 1.82) is 0 Å². The largest absolute Gasteiger partial charge is 0.462 e.